The number of aliphatic hydroxyl groups excluding tert-OH is 1. The van der Waals surface area contributed by atoms with Crippen molar-refractivity contribution in [1.29, 1.82) is 0 Å². The molecular weight excluding hydrogens is 461 g/mol. The van der Waals surface area contributed by atoms with Crippen LogP contribution in [-0.2, 0) is 25.5 Å². The smallest absolute Gasteiger partial charge is 0.475 e. The fourth-order valence-corrected chi connectivity index (χ4v) is 3.55. The molecule has 1 saturated heterocycles. The number of aliphatic hydroxyl groups is 1. The van der Waals surface area contributed by atoms with E-state index >= 15 is 0 Å². The van der Waals surface area contributed by atoms with E-state index in [1.54, 1.807) is 11.6 Å². The second kappa shape index (κ2) is 9.69. The number of anilines is 1. The molecule has 0 unspecified atom stereocenters. The summed E-state index contributed by atoms with van der Waals surface area (Å²) in [7, 11) is 3.07. The Labute approximate surface area is 190 Å². The fraction of sp³-hybridized carbons (Fsp3) is 0.400. The first-order valence-corrected chi connectivity index (χ1v) is 10.1. The van der Waals surface area contributed by atoms with Crippen molar-refractivity contribution in [3.8, 4) is 5.69 Å². The maximum atomic E-state index is 13.0. The van der Waals surface area contributed by atoms with Crippen LogP contribution in [-0.4, -0.2) is 67.2 Å². The predicted octanol–water partition coefficient (Wildman–Crippen LogP) is -0.0419. The second-order valence-electron chi connectivity index (χ2n) is 7.45. The van der Waals surface area contributed by atoms with Crippen molar-refractivity contribution in [2.24, 2.45) is 14.1 Å². The van der Waals surface area contributed by atoms with Crippen molar-refractivity contribution in [2.45, 2.75) is 12.8 Å². The molecule has 14 heteroatoms. The average molecular weight is 484 g/mol. The normalized spacial score (nSPS) is 14.1. The summed E-state index contributed by atoms with van der Waals surface area (Å²) >= 11 is 0. The van der Waals surface area contributed by atoms with Crippen molar-refractivity contribution in [3.63, 3.8) is 0 Å². The number of hydrogen-bond acceptors (Lipinski definition) is 7. The Kier molecular flexibility index (Phi) is 7.12. The van der Waals surface area contributed by atoms with Crippen LogP contribution in [0.15, 0.2) is 33.9 Å². The Bertz CT molecular complexity index is 1320. The number of aliphatic carboxylic acids is 1. The summed E-state index contributed by atoms with van der Waals surface area (Å²) in [5, 5.41) is 20.2. The molecule has 2 aromatic heterocycles. The Balaban J connectivity index is 0.000000406. The number of fused-ring (bicyclic) bond motifs is 1. The zero-order valence-electron chi connectivity index (χ0n) is 18.3. The van der Waals surface area contributed by atoms with Gasteiger partial charge in [0.2, 0.25) is 5.95 Å². The zero-order valence-corrected chi connectivity index (χ0v) is 18.3. The third-order valence-electron chi connectivity index (χ3n) is 5.29. The second-order valence-corrected chi connectivity index (χ2v) is 7.45. The lowest BCUT2D eigenvalue weighted by Crippen LogP contribution is -2.44. The summed E-state index contributed by atoms with van der Waals surface area (Å²) in [6.07, 6.45) is -5.08. The lowest BCUT2D eigenvalue weighted by molar-refractivity contribution is -0.192. The number of para-hydroxylation sites is 1. The van der Waals surface area contributed by atoms with Crippen LogP contribution < -0.4 is 21.5 Å². The van der Waals surface area contributed by atoms with Gasteiger partial charge in [-0.2, -0.15) is 18.2 Å². The average Bonchev–Trinajstić information content (AvgIpc) is 3.22. The van der Waals surface area contributed by atoms with Gasteiger partial charge in [-0.25, -0.2) is 9.59 Å². The van der Waals surface area contributed by atoms with Crippen molar-refractivity contribution >= 4 is 23.1 Å². The molecule has 1 aliphatic heterocycles. The fourth-order valence-electron chi connectivity index (χ4n) is 3.55. The molecule has 0 aliphatic carbocycles. The van der Waals surface area contributed by atoms with Gasteiger partial charge in [-0.1, -0.05) is 18.2 Å². The third-order valence-corrected chi connectivity index (χ3v) is 5.29. The SMILES string of the molecule is Cn1c(=O)c2c(nc(N3CCNCC3)n2-c2ccccc2CO)n(C)c1=O.O=C(O)C(F)(F)F. The van der Waals surface area contributed by atoms with Gasteiger partial charge in [0.1, 0.15) is 0 Å². The topological polar surface area (TPSA) is 135 Å². The van der Waals surface area contributed by atoms with Gasteiger partial charge < -0.3 is 20.4 Å². The summed E-state index contributed by atoms with van der Waals surface area (Å²) < 4.78 is 36.0. The van der Waals surface area contributed by atoms with Crippen LogP contribution in [0.2, 0.25) is 0 Å². The van der Waals surface area contributed by atoms with Gasteiger partial charge in [0.15, 0.2) is 11.2 Å². The van der Waals surface area contributed by atoms with Crippen LogP contribution in [0.5, 0.6) is 0 Å². The zero-order chi connectivity index (χ0) is 25.2. The van der Waals surface area contributed by atoms with E-state index in [4.69, 9.17) is 9.90 Å². The number of carbonyl (C=O) groups is 1. The van der Waals surface area contributed by atoms with E-state index in [1.807, 2.05) is 24.3 Å². The van der Waals surface area contributed by atoms with Gasteiger partial charge in [0, 0.05) is 45.8 Å². The molecule has 0 spiro atoms. The van der Waals surface area contributed by atoms with Gasteiger partial charge in [-0.05, 0) is 6.07 Å². The van der Waals surface area contributed by atoms with Gasteiger partial charge in [-0.15, -0.1) is 0 Å². The third kappa shape index (κ3) is 4.68. The minimum Gasteiger partial charge on any atom is -0.475 e. The Hall–Kier alpha value is -3.65. The van der Waals surface area contributed by atoms with Crippen LogP contribution in [0.25, 0.3) is 16.9 Å². The molecule has 0 saturated carbocycles. The molecule has 0 radical (unpaired) electrons. The Morgan fingerprint density at radius 1 is 1.12 bits per heavy atom. The molecule has 3 N–H and O–H groups in total. The molecule has 0 bridgehead atoms. The number of nitrogens with one attached hydrogen (secondary N) is 1. The van der Waals surface area contributed by atoms with Crippen LogP contribution in [0, 0.1) is 0 Å². The highest BCUT2D eigenvalue weighted by Gasteiger charge is 2.38. The Morgan fingerprint density at radius 2 is 1.71 bits per heavy atom. The first-order chi connectivity index (χ1) is 16.0. The number of benzene rings is 1. The van der Waals surface area contributed by atoms with Crippen molar-refractivity contribution in [3.05, 3.63) is 50.7 Å². The molecule has 3 aromatic rings. The molecule has 0 atom stereocenters. The lowest BCUT2D eigenvalue weighted by Gasteiger charge is -2.29. The number of aromatic nitrogens is 4. The minimum atomic E-state index is -5.08. The first-order valence-electron chi connectivity index (χ1n) is 10.1. The highest BCUT2D eigenvalue weighted by molar-refractivity contribution is 5.78. The number of piperazine rings is 1. The maximum absolute atomic E-state index is 13.0. The Morgan fingerprint density at radius 3 is 2.26 bits per heavy atom. The van der Waals surface area contributed by atoms with E-state index in [2.05, 4.69) is 15.2 Å². The van der Waals surface area contributed by atoms with E-state index < -0.39 is 23.4 Å². The summed E-state index contributed by atoms with van der Waals surface area (Å²) in [6.45, 7) is 2.92. The van der Waals surface area contributed by atoms with Crippen LogP contribution in [0.3, 0.4) is 0 Å². The molecule has 1 aromatic carbocycles. The maximum Gasteiger partial charge on any atom is 0.490 e. The highest BCUT2D eigenvalue weighted by atomic mass is 19.4. The number of carboxylic acids is 1. The van der Waals surface area contributed by atoms with E-state index in [0.717, 1.165) is 30.7 Å². The number of halogens is 3. The number of carboxylic acid groups (broad SMARTS) is 1. The summed E-state index contributed by atoms with van der Waals surface area (Å²) in [6, 6.07) is 7.36. The number of aryl methyl sites for hydroxylation is 1. The number of imidazole rings is 1. The van der Waals surface area contributed by atoms with E-state index in [0.29, 0.717) is 28.4 Å². The van der Waals surface area contributed by atoms with Crippen molar-refractivity contribution in [1.82, 2.24) is 24.0 Å². The summed E-state index contributed by atoms with van der Waals surface area (Å²) in [4.78, 5) is 41.0. The molecule has 184 valence electrons. The molecule has 1 aliphatic rings. The molecular formula is C20H23F3N6O5. The molecule has 1 fully saturated rings. The highest BCUT2D eigenvalue weighted by Crippen LogP contribution is 2.27. The van der Waals surface area contributed by atoms with Gasteiger partial charge in [0.25, 0.3) is 5.56 Å². The summed E-state index contributed by atoms with van der Waals surface area (Å²) in [5.74, 6) is -2.15. The summed E-state index contributed by atoms with van der Waals surface area (Å²) in [5.41, 5.74) is 1.21. The largest absolute Gasteiger partial charge is 0.490 e. The number of alkyl halides is 3. The first kappa shape index (κ1) is 25.0. The molecule has 4 rings (SSSR count). The molecule has 34 heavy (non-hydrogen) atoms. The van der Waals surface area contributed by atoms with Crippen LogP contribution in [0.4, 0.5) is 19.1 Å². The van der Waals surface area contributed by atoms with Crippen LogP contribution in [0.1, 0.15) is 5.56 Å². The minimum absolute atomic E-state index is 0.164. The van der Waals surface area contributed by atoms with Gasteiger partial charge >= 0.3 is 17.8 Å². The van der Waals surface area contributed by atoms with Crippen LogP contribution >= 0.6 is 0 Å². The predicted molar refractivity (Wildman–Crippen MR) is 116 cm³/mol. The standard InChI is InChI=1S/C18H22N6O3.C2HF3O2/c1-21-15-14(16(26)22(2)18(21)27)24(13-6-4-3-5-12(13)11-25)17(20-15)23-9-7-19-8-10-23;3-2(4,5)1(6)7/h3-6,19,25H,7-11H2,1-2H3;(H,6,7). The van der Waals surface area contributed by atoms with E-state index in [1.165, 1.54) is 11.6 Å². The van der Waals surface area contributed by atoms with E-state index in [-0.39, 0.29) is 6.61 Å². The monoisotopic (exact) mass is 484 g/mol. The van der Waals surface area contributed by atoms with Gasteiger partial charge in [0.05, 0.1) is 12.3 Å². The van der Waals surface area contributed by atoms with Crippen molar-refractivity contribution < 1.29 is 28.2 Å². The van der Waals surface area contributed by atoms with Gasteiger partial charge in [-0.3, -0.25) is 18.5 Å². The quantitative estimate of drug-likeness (QED) is 0.472. The number of nitrogens with zero attached hydrogens (tertiary/aromatic N) is 5. The molecule has 11 nitrogen and oxygen atoms in total. The number of hydrogen-bond donors (Lipinski definition) is 3. The number of rotatable bonds is 3. The van der Waals surface area contributed by atoms with Crippen molar-refractivity contribution in [2.75, 3.05) is 31.1 Å². The molecule has 3 heterocycles. The molecule has 0 amide bonds. The van der Waals surface area contributed by atoms with E-state index in [9.17, 15) is 27.9 Å². The lowest BCUT2D eigenvalue weighted by atomic mass is 10.2.